The van der Waals surface area contributed by atoms with Gasteiger partial charge in [-0.05, 0) is 38.9 Å². The number of hydrogen-bond acceptors (Lipinski definition) is 4. The minimum absolute atomic E-state index is 0. The summed E-state index contributed by atoms with van der Waals surface area (Å²) in [6.07, 6.45) is 3.07. The fourth-order valence-corrected chi connectivity index (χ4v) is 3.27. The summed E-state index contributed by atoms with van der Waals surface area (Å²) >= 11 is 0. The molecule has 1 fully saturated rings. The van der Waals surface area contributed by atoms with Gasteiger partial charge in [0.15, 0.2) is 0 Å². The van der Waals surface area contributed by atoms with E-state index in [1.807, 2.05) is 14.0 Å². The Labute approximate surface area is 144 Å². The summed E-state index contributed by atoms with van der Waals surface area (Å²) in [5.41, 5.74) is 1.66. The van der Waals surface area contributed by atoms with Crippen LogP contribution in [-0.4, -0.2) is 51.7 Å². The van der Waals surface area contributed by atoms with Crippen molar-refractivity contribution in [2.24, 2.45) is 0 Å². The molecule has 1 unspecified atom stereocenters. The standard InChI is InChI=1S/C15H23N3O3S.ClH/c1-11-6-7-14(17-22(3,20)21)13(9-11)15(19)18-8-4-5-12(10-18)16-2;/h6-7,9,12,16-17H,4-5,8,10H2,1-3H3;1H. The Morgan fingerprint density at radius 2 is 2.04 bits per heavy atom. The number of sulfonamides is 1. The number of nitrogens with one attached hydrogen (secondary N) is 2. The Morgan fingerprint density at radius 3 is 2.65 bits per heavy atom. The van der Waals surface area contributed by atoms with E-state index < -0.39 is 10.0 Å². The molecule has 1 aliphatic rings. The lowest BCUT2D eigenvalue weighted by molar-refractivity contribution is 0.0699. The molecule has 0 aromatic heterocycles. The normalized spacial score (nSPS) is 18.2. The highest BCUT2D eigenvalue weighted by Crippen LogP contribution is 2.22. The molecule has 1 aliphatic heterocycles. The second-order valence-corrected chi connectivity index (χ2v) is 7.55. The third kappa shape index (κ3) is 5.37. The predicted octanol–water partition coefficient (Wildman–Crippen LogP) is 1.61. The van der Waals surface area contributed by atoms with Crippen molar-refractivity contribution in [2.75, 3.05) is 31.1 Å². The maximum absolute atomic E-state index is 12.8. The number of likely N-dealkylation sites (N-methyl/N-ethyl adjacent to an activating group) is 1. The van der Waals surface area contributed by atoms with Crippen LogP contribution in [0.2, 0.25) is 0 Å². The van der Waals surface area contributed by atoms with Crippen molar-refractivity contribution in [2.45, 2.75) is 25.8 Å². The van der Waals surface area contributed by atoms with Crippen LogP contribution in [0.4, 0.5) is 5.69 Å². The lowest BCUT2D eigenvalue weighted by Gasteiger charge is -2.33. The number of piperidine rings is 1. The van der Waals surface area contributed by atoms with Gasteiger partial charge in [0.1, 0.15) is 0 Å². The number of carbonyl (C=O) groups excluding carboxylic acids is 1. The number of aryl methyl sites for hydroxylation is 1. The predicted molar refractivity (Wildman–Crippen MR) is 94.9 cm³/mol. The molecular formula is C15H24ClN3O3S. The molecule has 1 saturated heterocycles. The topological polar surface area (TPSA) is 78.5 Å². The van der Waals surface area contributed by atoms with Crippen molar-refractivity contribution in [3.05, 3.63) is 29.3 Å². The molecule has 1 aromatic carbocycles. The van der Waals surface area contributed by atoms with Gasteiger partial charge in [0.05, 0.1) is 17.5 Å². The highest BCUT2D eigenvalue weighted by molar-refractivity contribution is 7.92. The summed E-state index contributed by atoms with van der Waals surface area (Å²) in [5, 5.41) is 3.20. The summed E-state index contributed by atoms with van der Waals surface area (Å²) in [7, 11) is -1.53. The molecule has 1 amide bonds. The van der Waals surface area contributed by atoms with Gasteiger partial charge in [0.25, 0.3) is 5.91 Å². The number of amides is 1. The van der Waals surface area contributed by atoms with E-state index in [9.17, 15) is 13.2 Å². The van der Waals surface area contributed by atoms with Crippen LogP contribution < -0.4 is 10.0 Å². The number of hydrogen-bond donors (Lipinski definition) is 2. The zero-order valence-corrected chi connectivity index (χ0v) is 15.3. The van der Waals surface area contributed by atoms with Gasteiger partial charge >= 0.3 is 0 Å². The van der Waals surface area contributed by atoms with E-state index >= 15 is 0 Å². The van der Waals surface area contributed by atoms with E-state index in [2.05, 4.69) is 10.0 Å². The van der Waals surface area contributed by atoms with Crippen LogP contribution in [0.1, 0.15) is 28.8 Å². The molecule has 1 aromatic rings. The molecule has 130 valence electrons. The van der Waals surface area contributed by atoms with Crippen LogP contribution in [0.25, 0.3) is 0 Å². The van der Waals surface area contributed by atoms with Crippen molar-refractivity contribution in [3.8, 4) is 0 Å². The molecule has 0 radical (unpaired) electrons. The average molecular weight is 362 g/mol. The van der Waals surface area contributed by atoms with Crippen LogP contribution in [0.3, 0.4) is 0 Å². The number of nitrogens with zero attached hydrogens (tertiary/aromatic N) is 1. The molecule has 0 spiro atoms. The van der Waals surface area contributed by atoms with E-state index in [4.69, 9.17) is 0 Å². The SMILES string of the molecule is CNC1CCCN(C(=O)c2cc(C)ccc2NS(C)(=O)=O)C1.Cl. The number of likely N-dealkylation sites (tertiary alicyclic amines) is 1. The van der Waals surface area contributed by atoms with E-state index in [0.29, 0.717) is 24.3 Å². The van der Waals surface area contributed by atoms with Gasteiger partial charge in [0.2, 0.25) is 10.0 Å². The largest absolute Gasteiger partial charge is 0.337 e. The minimum Gasteiger partial charge on any atom is -0.337 e. The zero-order valence-electron chi connectivity index (χ0n) is 13.6. The first-order valence-electron chi connectivity index (χ1n) is 7.35. The number of benzene rings is 1. The van der Waals surface area contributed by atoms with Crippen LogP contribution in [0, 0.1) is 6.92 Å². The van der Waals surface area contributed by atoms with E-state index in [1.165, 1.54) is 0 Å². The molecule has 0 saturated carbocycles. The van der Waals surface area contributed by atoms with Gasteiger partial charge in [-0.15, -0.1) is 12.4 Å². The molecule has 6 nitrogen and oxygen atoms in total. The zero-order chi connectivity index (χ0) is 16.3. The van der Waals surface area contributed by atoms with Crippen molar-refractivity contribution >= 4 is 34.0 Å². The lowest BCUT2D eigenvalue weighted by atomic mass is 10.0. The van der Waals surface area contributed by atoms with Gasteiger partial charge in [-0.2, -0.15) is 0 Å². The Hall–Kier alpha value is -1.31. The van der Waals surface area contributed by atoms with Crippen LogP contribution in [0.5, 0.6) is 0 Å². The maximum Gasteiger partial charge on any atom is 0.256 e. The molecular weight excluding hydrogens is 338 g/mol. The molecule has 2 N–H and O–H groups in total. The van der Waals surface area contributed by atoms with E-state index in [-0.39, 0.29) is 24.4 Å². The molecule has 0 aliphatic carbocycles. The molecule has 1 atom stereocenters. The molecule has 8 heteroatoms. The van der Waals surface area contributed by atoms with Gasteiger partial charge < -0.3 is 10.2 Å². The molecule has 0 bridgehead atoms. The van der Waals surface area contributed by atoms with Crippen LogP contribution >= 0.6 is 12.4 Å². The lowest BCUT2D eigenvalue weighted by Crippen LogP contribution is -2.47. The van der Waals surface area contributed by atoms with Crippen molar-refractivity contribution < 1.29 is 13.2 Å². The highest BCUT2D eigenvalue weighted by atomic mass is 35.5. The van der Waals surface area contributed by atoms with Crippen molar-refractivity contribution in [3.63, 3.8) is 0 Å². The first kappa shape index (κ1) is 19.7. The molecule has 1 heterocycles. The van der Waals surface area contributed by atoms with Crippen LogP contribution in [0.15, 0.2) is 18.2 Å². The second-order valence-electron chi connectivity index (χ2n) is 5.80. The average Bonchev–Trinajstić information content (AvgIpc) is 2.47. The van der Waals surface area contributed by atoms with Crippen molar-refractivity contribution in [1.82, 2.24) is 10.2 Å². The van der Waals surface area contributed by atoms with Gasteiger partial charge in [-0.25, -0.2) is 8.42 Å². The Morgan fingerprint density at radius 1 is 1.35 bits per heavy atom. The first-order chi connectivity index (χ1) is 10.3. The summed E-state index contributed by atoms with van der Waals surface area (Å²) in [4.78, 5) is 14.6. The number of halogens is 1. The summed E-state index contributed by atoms with van der Waals surface area (Å²) in [5.74, 6) is -0.130. The number of carbonyl (C=O) groups is 1. The number of rotatable bonds is 4. The molecule has 2 rings (SSSR count). The smallest absolute Gasteiger partial charge is 0.256 e. The number of anilines is 1. The fraction of sp³-hybridized carbons (Fsp3) is 0.533. The first-order valence-corrected chi connectivity index (χ1v) is 9.24. The van der Waals surface area contributed by atoms with Gasteiger partial charge in [0, 0.05) is 19.1 Å². The van der Waals surface area contributed by atoms with Crippen LogP contribution in [-0.2, 0) is 10.0 Å². The molecule has 23 heavy (non-hydrogen) atoms. The van der Waals surface area contributed by atoms with Gasteiger partial charge in [-0.3, -0.25) is 9.52 Å². The van der Waals surface area contributed by atoms with E-state index in [1.54, 1.807) is 23.1 Å². The van der Waals surface area contributed by atoms with E-state index in [0.717, 1.165) is 24.7 Å². The third-order valence-electron chi connectivity index (χ3n) is 3.82. The monoisotopic (exact) mass is 361 g/mol. The Balaban J connectivity index is 0.00000264. The van der Waals surface area contributed by atoms with Crippen molar-refractivity contribution in [1.29, 1.82) is 0 Å². The third-order valence-corrected chi connectivity index (χ3v) is 4.41. The van der Waals surface area contributed by atoms with Gasteiger partial charge in [-0.1, -0.05) is 11.6 Å². The summed E-state index contributed by atoms with van der Waals surface area (Å²) in [6.45, 7) is 3.22. The fourth-order valence-electron chi connectivity index (χ4n) is 2.69. The minimum atomic E-state index is -3.43. The Kier molecular flexibility index (Phi) is 6.85. The second kappa shape index (κ2) is 7.99. The quantitative estimate of drug-likeness (QED) is 0.854. The Bertz CT molecular complexity index is 664. The highest BCUT2D eigenvalue weighted by Gasteiger charge is 2.25. The summed E-state index contributed by atoms with van der Waals surface area (Å²) in [6, 6.07) is 5.45. The maximum atomic E-state index is 12.8. The summed E-state index contributed by atoms with van der Waals surface area (Å²) < 4.78 is 25.4.